The van der Waals surface area contributed by atoms with E-state index < -0.39 is 0 Å². The first-order valence-electron chi connectivity index (χ1n) is 10.8. The Balaban J connectivity index is 0.000000209. The monoisotopic (exact) mass is 645 g/mol. The summed E-state index contributed by atoms with van der Waals surface area (Å²) >= 11 is 7.12. The average Bonchev–Trinajstić information content (AvgIpc) is 2.89. The quantitative estimate of drug-likeness (QED) is 0.187. The molecule has 0 atom stereocenters. The zero-order chi connectivity index (χ0) is 23.7. The Bertz CT molecular complexity index is 825. The summed E-state index contributed by atoms with van der Waals surface area (Å²) in [7, 11) is -0.297. The molecule has 0 bridgehead atoms. The van der Waals surface area contributed by atoms with E-state index in [0.29, 0.717) is 0 Å². The summed E-state index contributed by atoms with van der Waals surface area (Å²) in [5, 5.41) is 5.89. The molecule has 0 heterocycles. The molecule has 4 aromatic rings. The summed E-state index contributed by atoms with van der Waals surface area (Å²) < 4.78 is 0. The topological polar surface area (TPSA) is 0 Å². The van der Waals surface area contributed by atoms with Gasteiger partial charge in [0.05, 0.1) is 0 Å². The standard InChI is InChI=1S/2C14H15P.2BrH.Co/c2*1-2-15(13-9-5-3-6-10-13)14-11-7-4-8-12-14;;;/h2*3-12H,2H2,1H3;2*1H;/q;;;;+2/p-2. The molecule has 175 valence electrons. The Hall–Kier alpha value is -0.794. The van der Waals surface area contributed by atoms with Crippen LogP contribution in [-0.4, -0.2) is 12.3 Å². The molecular weight excluding hydrogens is 617 g/mol. The summed E-state index contributed by atoms with van der Waals surface area (Å²) in [6.07, 6.45) is 2.42. The molecule has 4 rings (SSSR count). The molecule has 0 aliphatic carbocycles. The third kappa shape index (κ3) is 10.2. The summed E-state index contributed by atoms with van der Waals surface area (Å²) in [5.74, 6) is 0. The number of rotatable bonds is 6. The molecule has 0 amide bonds. The second-order valence-corrected chi connectivity index (χ2v) is 17.2. The van der Waals surface area contributed by atoms with E-state index in [-0.39, 0.29) is 15.8 Å². The molecule has 0 unspecified atom stereocenters. The van der Waals surface area contributed by atoms with Crippen molar-refractivity contribution >= 4 is 65.4 Å². The number of hydrogen-bond donors (Lipinski definition) is 0. The van der Waals surface area contributed by atoms with E-state index in [1.54, 1.807) is 0 Å². The molecule has 0 aromatic heterocycles. The van der Waals surface area contributed by atoms with Crippen LogP contribution in [0.4, 0.5) is 0 Å². The van der Waals surface area contributed by atoms with Crippen molar-refractivity contribution < 1.29 is 11.1 Å². The first kappa shape index (κ1) is 28.4. The second-order valence-electron chi connectivity index (χ2n) is 6.88. The van der Waals surface area contributed by atoms with Gasteiger partial charge in [0.2, 0.25) is 0 Å². The van der Waals surface area contributed by atoms with Crippen molar-refractivity contribution in [2.75, 3.05) is 12.3 Å². The van der Waals surface area contributed by atoms with Gasteiger partial charge in [-0.3, -0.25) is 0 Å². The molecule has 0 radical (unpaired) electrons. The van der Waals surface area contributed by atoms with E-state index >= 15 is 0 Å². The molecule has 0 nitrogen and oxygen atoms in total. The average molecular weight is 647 g/mol. The van der Waals surface area contributed by atoms with Crippen LogP contribution in [-0.2, 0) is 11.1 Å². The van der Waals surface area contributed by atoms with Crippen LogP contribution >= 0.6 is 44.2 Å². The van der Waals surface area contributed by atoms with Gasteiger partial charge < -0.3 is 0 Å². The predicted molar refractivity (Wildman–Crippen MR) is 157 cm³/mol. The fraction of sp³-hybridized carbons (Fsp3) is 0.143. The fourth-order valence-corrected chi connectivity index (χ4v) is 7.65. The van der Waals surface area contributed by atoms with Crippen molar-refractivity contribution in [2.24, 2.45) is 0 Å². The number of halogens is 2. The zero-order valence-electron chi connectivity index (χ0n) is 18.9. The van der Waals surface area contributed by atoms with Gasteiger partial charge in [-0.1, -0.05) is 135 Å². The van der Waals surface area contributed by atoms with Gasteiger partial charge in [-0.2, -0.15) is 0 Å². The van der Waals surface area contributed by atoms with Crippen molar-refractivity contribution in [3.05, 3.63) is 121 Å². The zero-order valence-corrected chi connectivity index (χ0v) is 24.9. The van der Waals surface area contributed by atoms with Gasteiger partial charge >= 0.3 is 39.5 Å². The Morgan fingerprint density at radius 2 is 0.636 bits per heavy atom. The number of hydrogen-bond acceptors (Lipinski definition) is 0. The van der Waals surface area contributed by atoms with Crippen molar-refractivity contribution in [2.45, 2.75) is 13.8 Å². The van der Waals surface area contributed by atoms with Crippen molar-refractivity contribution in [3.63, 3.8) is 0 Å². The van der Waals surface area contributed by atoms with Crippen LogP contribution in [0.1, 0.15) is 13.8 Å². The summed E-state index contributed by atoms with van der Waals surface area (Å²) in [6, 6.07) is 43.3. The molecule has 0 spiro atoms. The maximum absolute atomic E-state index is 3.03. The van der Waals surface area contributed by atoms with E-state index in [4.69, 9.17) is 0 Å². The summed E-state index contributed by atoms with van der Waals surface area (Å²) in [6.45, 7) is 4.54. The van der Waals surface area contributed by atoms with Crippen LogP contribution in [0.2, 0.25) is 0 Å². The van der Waals surface area contributed by atoms with Gasteiger partial charge in [-0.05, 0) is 49.4 Å². The maximum atomic E-state index is 3.03. The Kier molecular flexibility index (Phi) is 15.2. The van der Waals surface area contributed by atoms with Gasteiger partial charge in [0.1, 0.15) is 0 Å². The first-order valence-corrected chi connectivity index (χ1v) is 19.0. The molecule has 33 heavy (non-hydrogen) atoms. The molecule has 0 saturated carbocycles. The Morgan fingerprint density at radius 3 is 0.788 bits per heavy atom. The van der Waals surface area contributed by atoms with Gasteiger partial charge in [-0.15, -0.1) is 0 Å². The predicted octanol–water partition coefficient (Wildman–Crippen LogP) is 7.97. The summed E-state index contributed by atoms with van der Waals surface area (Å²) in [5.41, 5.74) is 0. The van der Waals surface area contributed by atoms with Gasteiger partial charge in [0, 0.05) is 0 Å². The Labute approximate surface area is 222 Å². The van der Waals surface area contributed by atoms with E-state index in [1.165, 1.54) is 33.5 Å². The molecule has 0 aliphatic heterocycles. The van der Waals surface area contributed by atoms with E-state index in [1.807, 2.05) is 0 Å². The van der Waals surface area contributed by atoms with Crippen LogP contribution in [0.15, 0.2) is 121 Å². The first-order chi connectivity index (χ1) is 16.2. The molecule has 4 aromatic carbocycles. The van der Waals surface area contributed by atoms with E-state index in [2.05, 4.69) is 164 Å². The third-order valence-corrected chi connectivity index (χ3v) is 9.85. The van der Waals surface area contributed by atoms with Gasteiger partial charge in [0.25, 0.3) is 0 Å². The third-order valence-electron chi connectivity index (χ3n) is 4.90. The van der Waals surface area contributed by atoms with Crippen molar-refractivity contribution in [1.82, 2.24) is 0 Å². The van der Waals surface area contributed by atoms with Gasteiger partial charge in [0.15, 0.2) is 0 Å². The fourth-order valence-electron chi connectivity index (χ4n) is 3.46. The van der Waals surface area contributed by atoms with E-state index in [9.17, 15) is 0 Å². The molecule has 0 N–H and O–H groups in total. The molecule has 0 saturated heterocycles. The van der Waals surface area contributed by atoms with Crippen molar-refractivity contribution in [3.8, 4) is 0 Å². The van der Waals surface area contributed by atoms with Crippen LogP contribution in [0.3, 0.4) is 0 Å². The summed E-state index contributed by atoms with van der Waals surface area (Å²) in [4.78, 5) is 0. The minimum absolute atomic E-state index is 0.149. The number of benzene rings is 4. The Morgan fingerprint density at radius 1 is 0.455 bits per heavy atom. The second kappa shape index (κ2) is 17.6. The molecular formula is C28H30Br2CoP2. The molecule has 0 fully saturated rings. The van der Waals surface area contributed by atoms with Crippen LogP contribution < -0.4 is 21.2 Å². The van der Waals surface area contributed by atoms with Crippen LogP contribution in [0.5, 0.6) is 0 Å². The van der Waals surface area contributed by atoms with Gasteiger partial charge in [-0.25, -0.2) is 0 Å². The SMILES string of the molecule is CCP(c1ccccc1)c1ccccc1.CCP(c1ccccc1)c1ccccc1.[Br][Co][Br]. The minimum atomic E-state index is -0.149. The van der Waals surface area contributed by atoms with Crippen LogP contribution in [0.25, 0.3) is 0 Å². The van der Waals surface area contributed by atoms with Crippen molar-refractivity contribution in [1.29, 1.82) is 0 Å². The molecule has 0 aliphatic rings. The molecule has 5 heteroatoms. The normalized spacial score (nSPS) is 10.2. The van der Waals surface area contributed by atoms with E-state index in [0.717, 1.165) is 11.1 Å². The van der Waals surface area contributed by atoms with Crippen LogP contribution in [0, 0.1) is 0 Å².